The van der Waals surface area contributed by atoms with Crippen LogP contribution in [-0.2, 0) is 4.79 Å². The van der Waals surface area contributed by atoms with E-state index in [-0.39, 0.29) is 11.3 Å². The summed E-state index contributed by atoms with van der Waals surface area (Å²) in [6, 6.07) is 6.05. The van der Waals surface area contributed by atoms with Gasteiger partial charge in [-0.1, -0.05) is 25.8 Å². The predicted octanol–water partition coefficient (Wildman–Crippen LogP) is 3.61. The second-order valence-corrected chi connectivity index (χ2v) is 6.86. The first-order valence-corrected chi connectivity index (χ1v) is 9.15. The number of carbonyl (C=O) groups is 1. The van der Waals surface area contributed by atoms with E-state index in [1.807, 2.05) is 28.8 Å². The van der Waals surface area contributed by atoms with Crippen LogP contribution >= 0.6 is 11.8 Å². The zero-order valence-electron chi connectivity index (χ0n) is 13.0. The maximum atomic E-state index is 12.4. The van der Waals surface area contributed by atoms with Gasteiger partial charge in [-0.05, 0) is 24.1 Å². The molecule has 4 nitrogen and oxygen atoms in total. The zero-order valence-corrected chi connectivity index (χ0v) is 13.9. The van der Waals surface area contributed by atoms with Crippen LogP contribution in [0.25, 0.3) is 0 Å². The van der Waals surface area contributed by atoms with E-state index in [2.05, 4.69) is 13.0 Å². The average molecular weight is 321 g/mol. The highest BCUT2D eigenvalue weighted by atomic mass is 32.2. The van der Waals surface area contributed by atoms with Crippen molar-refractivity contribution in [3.8, 4) is 11.5 Å². The Morgan fingerprint density at radius 2 is 2.09 bits per heavy atom. The van der Waals surface area contributed by atoms with Gasteiger partial charge in [-0.25, -0.2) is 0 Å². The van der Waals surface area contributed by atoms with Crippen LogP contribution < -0.4 is 9.47 Å². The summed E-state index contributed by atoms with van der Waals surface area (Å²) in [4.78, 5) is 14.5. The van der Waals surface area contributed by atoms with Gasteiger partial charge in [-0.2, -0.15) is 0 Å². The summed E-state index contributed by atoms with van der Waals surface area (Å²) >= 11 is 1.83. The molecule has 1 aromatic carbocycles. The zero-order chi connectivity index (χ0) is 15.4. The van der Waals surface area contributed by atoms with Crippen molar-refractivity contribution in [3.05, 3.63) is 23.8 Å². The smallest absolute Gasteiger partial charge is 0.223 e. The van der Waals surface area contributed by atoms with Crippen molar-refractivity contribution in [3.63, 3.8) is 0 Å². The summed E-state index contributed by atoms with van der Waals surface area (Å²) in [5.74, 6) is 2.88. The molecule has 2 heterocycles. The van der Waals surface area contributed by atoms with Gasteiger partial charge in [0.2, 0.25) is 5.91 Å². The fourth-order valence-electron chi connectivity index (χ4n) is 2.88. The molecule has 1 amide bonds. The van der Waals surface area contributed by atoms with Crippen molar-refractivity contribution in [1.82, 2.24) is 4.90 Å². The Bertz CT molecular complexity index is 535. The highest BCUT2D eigenvalue weighted by Crippen LogP contribution is 2.42. The van der Waals surface area contributed by atoms with Crippen molar-refractivity contribution in [2.24, 2.45) is 0 Å². The Hall–Kier alpha value is -1.36. The van der Waals surface area contributed by atoms with E-state index in [9.17, 15) is 4.79 Å². The molecule has 3 rings (SSSR count). The molecular formula is C17H23NO3S. The van der Waals surface area contributed by atoms with Crippen molar-refractivity contribution >= 4 is 17.7 Å². The first-order chi connectivity index (χ1) is 10.8. The number of unbranched alkanes of at least 4 members (excludes halogenated alkanes) is 2. The molecule has 2 aliphatic rings. The largest absolute Gasteiger partial charge is 0.486 e. The molecule has 1 aromatic rings. The summed E-state index contributed by atoms with van der Waals surface area (Å²) in [6.45, 7) is 4.20. The third-order valence-corrected chi connectivity index (χ3v) is 5.32. The lowest BCUT2D eigenvalue weighted by molar-refractivity contribution is -0.131. The number of fused-ring (bicyclic) bond motifs is 1. The summed E-state index contributed by atoms with van der Waals surface area (Å²) in [5.41, 5.74) is 1.13. The molecule has 0 aromatic heterocycles. The molecule has 1 atom stereocenters. The van der Waals surface area contributed by atoms with E-state index in [1.165, 1.54) is 0 Å². The number of nitrogens with zero attached hydrogens (tertiary/aromatic N) is 1. The predicted molar refractivity (Wildman–Crippen MR) is 88.5 cm³/mol. The first-order valence-electron chi connectivity index (χ1n) is 8.10. The van der Waals surface area contributed by atoms with Crippen LogP contribution in [0.5, 0.6) is 11.5 Å². The number of ether oxygens (including phenoxy) is 2. The number of carbonyl (C=O) groups excluding carboxylic acids is 1. The van der Waals surface area contributed by atoms with Crippen molar-refractivity contribution in [2.75, 3.05) is 25.5 Å². The van der Waals surface area contributed by atoms with Gasteiger partial charge in [0.1, 0.15) is 18.6 Å². The number of benzene rings is 1. The molecule has 1 saturated heterocycles. The Balaban J connectivity index is 1.71. The fraction of sp³-hybridized carbons (Fsp3) is 0.588. The molecular weight excluding hydrogens is 298 g/mol. The Morgan fingerprint density at radius 3 is 2.91 bits per heavy atom. The number of hydrogen-bond acceptors (Lipinski definition) is 4. The molecule has 0 saturated carbocycles. The Morgan fingerprint density at radius 1 is 1.27 bits per heavy atom. The van der Waals surface area contributed by atoms with E-state index < -0.39 is 0 Å². The minimum absolute atomic E-state index is 0.116. The van der Waals surface area contributed by atoms with E-state index >= 15 is 0 Å². The molecule has 0 spiro atoms. The van der Waals surface area contributed by atoms with Crippen LogP contribution in [0.15, 0.2) is 18.2 Å². The molecule has 2 aliphatic heterocycles. The highest BCUT2D eigenvalue weighted by Gasteiger charge is 2.31. The molecule has 1 unspecified atom stereocenters. The van der Waals surface area contributed by atoms with E-state index in [0.717, 1.165) is 48.6 Å². The van der Waals surface area contributed by atoms with Crippen LogP contribution in [0.2, 0.25) is 0 Å². The molecule has 1 fully saturated rings. The lowest BCUT2D eigenvalue weighted by atomic mass is 10.1. The monoisotopic (exact) mass is 321 g/mol. The molecule has 0 radical (unpaired) electrons. The van der Waals surface area contributed by atoms with Crippen LogP contribution in [-0.4, -0.2) is 36.3 Å². The number of rotatable bonds is 5. The topological polar surface area (TPSA) is 38.8 Å². The van der Waals surface area contributed by atoms with Gasteiger partial charge in [0.05, 0.1) is 0 Å². The van der Waals surface area contributed by atoms with Gasteiger partial charge in [0.25, 0.3) is 0 Å². The third-order valence-electron chi connectivity index (χ3n) is 4.06. The van der Waals surface area contributed by atoms with Gasteiger partial charge in [-0.15, -0.1) is 11.8 Å². The van der Waals surface area contributed by atoms with Crippen molar-refractivity contribution < 1.29 is 14.3 Å². The van der Waals surface area contributed by atoms with Crippen LogP contribution in [0.4, 0.5) is 0 Å². The summed E-state index contributed by atoms with van der Waals surface area (Å²) in [7, 11) is 0. The van der Waals surface area contributed by atoms with Gasteiger partial charge in [0.15, 0.2) is 11.5 Å². The molecule has 22 heavy (non-hydrogen) atoms. The second kappa shape index (κ2) is 7.27. The summed E-state index contributed by atoms with van der Waals surface area (Å²) < 4.78 is 11.2. The molecule has 120 valence electrons. The van der Waals surface area contributed by atoms with Crippen LogP contribution in [0.3, 0.4) is 0 Å². The molecule has 0 aliphatic carbocycles. The van der Waals surface area contributed by atoms with Gasteiger partial charge < -0.3 is 14.4 Å². The first kappa shape index (κ1) is 15.5. The maximum Gasteiger partial charge on any atom is 0.223 e. The minimum Gasteiger partial charge on any atom is -0.486 e. The van der Waals surface area contributed by atoms with Crippen molar-refractivity contribution in [1.29, 1.82) is 0 Å². The maximum absolute atomic E-state index is 12.4. The van der Waals surface area contributed by atoms with E-state index in [0.29, 0.717) is 19.6 Å². The summed E-state index contributed by atoms with van der Waals surface area (Å²) in [6.07, 6.45) is 3.93. The second-order valence-electron chi connectivity index (χ2n) is 5.67. The third kappa shape index (κ3) is 3.35. The normalized spacial score (nSPS) is 20.2. The minimum atomic E-state index is 0.116. The van der Waals surface area contributed by atoms with Crippen LogP contribution in [0.1, 0.15) is 43.5 Å². The van der Waals surface area contributed by atoms with Gasteiger partial charge in [-0.3, -0.25) is 4.79 Å². The fourth-order valence-corrected chi connectivity index (χ4v) is 4.15. The number of amides is 1. The molecule has 0 bridgehead atoms. The number of hydrogen-bond donors (Lipinski definition) is 0. The van der Waals surface area contributed by atoms with Crippen molar-refractivity contribution in [2.45, 2.75) is 38.0 Å². The summed E-state index contributed by atoms with van der Waals surface area (Å²) in [5, 5.41) is 0.116. The van der Waals surface area contributed by atoms with Gasteiger partial charge in [0, 0.05) is 18.7 Å². The Kier molecular flexibility index (Phi) is 5.13. The van der Waals surface area contributed by atoms with Crippen LogP contribution in [0, 0.1) is 0 Å². The van der Waals surface area contributed by atoms with E-state index in [1.54, 1.807) is 0 Å². The highest BCUT2D eigenvalue weighted by molar-refractivity contribution is 7.99. The average Bonchev–Trinajstić information content (AvgIpc) is 3.04. The van der Waals surface area contributed by atoms with Gasteiger partial charge >= 0.3 is 0 Å². The quantitative estimate of drug-likeness (QED) is 0.777. The van der Waals surface area contributed by atoms with E-state index in [4.69, 9.17) is 9.47 Å². The molecule has 0 N–H and O–H groups in total. The standard InChI is InChI=1S/C17H23NO3S/c1-2-3-4-5-16(19)18-8-11-22-17(18)13-6-7-14-15(12-13)21-10-9-20-14/h6-7,12,17H,2-5,8-11H2,1H3. The molecule has 5 heteroatoms. The lowest BCUT2D eigenvalue weighted by Gasteiger charge is -2.26. The number of thioether (sulfide) groups is 1. The Labute approximate surface area is 136 Å². The lowest BCUT2D eigenvalue weighted by Crippen LogP contribution is -2.30. The SMILES string of the molecule is CCCCCC(=O)N1CCSC1c1ccc2c(c1)OCCO2.